The molecule has 0 radical (unpaired) electrons. The van der Waals surface area contributed by atoms with Crippen LogP contribution in [0.4, 0.5) is 0 Å². The number of aliphatic carboxylic acids is 2. The third-order valence-corrected chi connectivity index (χ3v) is 3.09. The molecule has 0 rings (SSSR count). The molecule has 0 heterocycles. The van der Waals surface area contributed by atoms with Crippen molar-refractivity contribution in [1.29, 1.82) is 0 Å². The van der Waals surface area contributed by atoms with Gasteiger partial charge in [0, 0.05) is 12.2 Å². The molecule has 0 aliphatic carbocycles. The molecule has 0 aromatic carbocycles. The number of amides is 3. The summed E-state index contributed by atoms with van der Waals surface area (Å²) in [5.41, 5.74) is 5.05. The lowest BCUT2D eigenvalue weighted by Crippen LogP contribution is -2.54. The molecule has 24 heavy (non-hydrogen) atoms. The number of nitrogens with one attached hydrogen (secondary N) is 3. The van der Waals surface area contributed by atoms with E-state index in [1.807, 2.05) is 0 Å². The average Bonchev–Trinajstić information content (AvgIpc) is 2.53. The van der Waals surface area contributed by atoms with Crippen molar-refractivity contribution < 1.29 is 34.2 Å². The Hall–Kier alpha value is -2.34. The van der Waals surface area contributed by atoms with E-state index in [1.165, 1.54) is 0 Å². The molecule has 136 valence electrons. The van der Waals surface area contributed by atoms with Gasteiger partial charge in [-0.25, -0.2) is 4.79 Å². The van der Waals surface area contributed by atoms with Gasteiger partial charge in [0.2, 0.25) is 17.7 Å². The second-order valence-electron chi connectivity index (χ2n) is 4.62. The highest BCUT2D eigenvalue weighted by Gasteiger charge is 2.26. The van der Waals surface area contributed by atoms with Gasteiger partial charge in [0.05, 0.1) is 13.1 Å². The van der Waals surface area contributed by atoms with Crippen LogP contribution < -0.4 is 21.7 Å². The van der Waals surface area contributed by atoms with E-state index in [-0.39, 0.29) is 18.7 Å². The zero-order valence-corrected chi connectivity index (χ0v) is 13.5. The number of carbonyl (C=O) groups excluding carboxylic acids is 3. The maximum Gasteiger partial charge on any atom is 0.326 e. The van der Waals surface area contributed by atoms with E-state index in [2.05, 4.69) is 28.6 Å². The SMILES string of the molecule is NCC(=O)NCC(=O)NC(CS)C(=O)NC(CCC(=O)O)C(=O)O. The Labute approximate surface area is 142 Å². The van der Waals surface area contributed by atoms with Gasteiger partial charge in [-0.1, -0.05) is 0 Å². The molecule has 11 nitrogen and oxygen atoms in total. The lowest BCUT2D eigenvalue weighted by atomic mass is 10.1. The van der Waals surface area contributed by atoms with Crippen LogP contribution in [0.2, 0.25) is 0 Å². The van der Waals surface area contributed by atoms with Gasteiger partial charge in [0.1, 0.15) is 12.1 Å². The minimum Gasteiger partial charge on any atom is -0.481 e. The maximum atomic E-state index is 12.0. The third-order valence-electron chi connectivity index (χ3n) is 2.73. The summed E-state index contributed by atoms with van der Waals surface area (Å²) in [6, 6.07) is -2.56. The van der Waals surface area contributed by atoms with Crippen molar-refractivity contribution in [3.05, 3.63) is 0 Å². The van der Waals surface area contributed by atoms with Crippen LogP contribution in [0.25, 0.3) is 0 Å². The first-order valence-corrected chi connectivity index (χ1v) is 7.46. The second kappa shape index (κ2) is 11.2. The molecule has 0 spiro atoms. The summed E-state index contributed by atoms with van der Waals surface area (Å²) in [7, 11) is 0. The van der Waals surface area contributed by atoms with Crippen molar-refractivity contribution in [2.24, 2.45) is 5.73 Å². The van der Waals surface area contributed by atoms with E-state index in [9.17, 15) is 24.0 Å². The van der Waals surface area contributed by atoms with Crippen LogP contribution in [0.5, 0.6) is 0 Å². The van der Waals surface area contributed by atoms with E-state index in [0.717, 1.165) is 0 Å². The van der Waals surface area contributed by atoms with Crippen molar-refractivity contribution in [1.82, 2.24) is 16.0 Å². The summed E-state index contributed by atoms with van der Waals surface area (Å²) in [4.78, 5) is 56.0. The first-order chi connectivity index (χ1) is 11.2. The summed E-state index contributed by atoms with van der Waals surface area (Å²) in [5.74, 6) is -4.82. The Kier molecular flexibility index (Phi) is 10.1. The molecule has 0 saturated heterocycles. The predicted molar refractivity (Wildman–Crippen MR) is 84.3 cm³/mol. The van der Waals surface area contributed by atoms with Gasteiger partial charge in [0.25, 0.3) is 0 Å². The van der Waals surface area contributed by atoms with Gasteiger partial charge in [-0.2, -0.15) is 12.6 Å². The fourth-order valence-electron chi connectivity index (χ4n) is 1.49. The van der Waals surface area contributed by atoms with Crippen molar-refractivity contribution in [3.8, 4) is 0 Å². The van der Waals surface area contributed by atoms with Gasteiger partial charge in [0.15, 0.2) is 0 Å². The lowest BCUT2D eigenvalue weighted by molar-refractivity contribution is -0.143. The number of carboxylic acid groups (broad SMARTS) is 2. The minimum absolute atomic E-state index is 0.131. The molecular formula is C12H20N4O7S. The molecule has 0 fully saturated rings. The van der Waals surface area contributed by atoms with Gasteiger partial charge >= 0.3 is 11.9 Å². The van der Waals surface area contributed by atoms with Crippen molar-refractivity contribution >= 4 is 42.3 Å². The fraction of sp³-hybridized carbons (Fsp3) is 0.583. The van der Waals surface area contributed by atoms with Crippen LogP contribution >= 0.6 is 12.6 Å². The average molecular weight is 364 g/mol. The van der Waals surface area contributed by atoms with Crippen LogP contribution in [0, 0.1) is 0 Å². The minimum atomic E-state index is -1.41. The monoisotopic (exact) mass is 364 g/mol. The van der Waals surface area contributed by atoms with Gasteiger partial charge in [-0.3, -0.25) is 19.2 Å². The number of rotatable bonds is 11. The number of nitrogens with two attached hydrogens (primary N) is 1. The van der Waals surface area contributed by atoms with E-state index in [4.69, 9.17) is 15.9 Å². The van der Waals surface area contributed by atoms with Crippen LogP contribution in [0.3, 0.4) is 0 Å². The highest BCUT2D eigenvalue weighted by atomic mass is 32.1. The molecule has 2 atom stereocenters. The van der Waals surface area contributed by atoms with E-state index < -0.39 is 54.7 Å². The quantitative estimate of drug-likeness (QED) is 0.188. The molecular weight excluding hydrogens is 344 g/mol. The number of carbonyl (C=O) groups is 5. The lowest BCUT2D eigenvalue weighted by Gasteiger charge is -2.20. The summed E-state index contributed by atoms with van der Waals surface area (Å²) in [6.07, 6.45) is -0.754. The third kappa shape index (κ3) is 8.95. The number of carboxylic acids is 2. The normalized spacial score (nSPS) is 12.6. The molecule has 0 aromatic rings. The second-order valence-corrected chi connectivity index (χ2v) is 4.98. The Bertz CT molecular complexity index is 500. The summed E-state index contributed by atoms with van der Waals surface area (Å²) < 4.78 is 0. The van der Waals surface area contributed by atoms with E-state index in [1.54, 1.807) is 0 Å². The van der Waals surface area contributed by atoms with Crippen LogP contribution in [-0.2, 0) is 24.0 Å². The molecule has 3 amide bonds. The van der Waals surface area contributed by atoms with E-state index >= 15 is 0 Å². The van der Waals surface area contributed by atoms with Crippen molar-refractivity contribution in [2.75, 3.05) is 18.8 Å². The standard InChI is InChI=1S/C12H20N4O7S/c13-3-8(17)14-4-9(18)15-7(5-24)11(21)16-6(12(22)23)1-2-10(19)20/h6-7,24H,1-5,13H2,(H,14,17)(H,15,18)(H,16,21)(H,19,20)(H,22,23). The molecule has 2 unspecified atom stereocenters. The summed E-state index contributed by atoms with van der Waals surface area (Å²) in [5, 5.41) is 24.1. The van der Waals surface area contributed by atoms with Crippen molar-refractivity contribution in [2.45, 2.75) is 24.9 Å². The molecule has 0 bridgehead atoms. The Morgan fingerprint density at radius 3 is 2.08 bits per heavy atom. The summed E-state index contributed by atoms with van der Waals surface area (Å²) in [6.45, 7) is -0.706. The fourth-order valence-corrected chi connectivity index (χ4v) is 1.75. The highest BCUT2D eigenvalue weighted by Crippen LogP contribution is 2.00. The Morgan fingerprint density at radius 1 is 1.00 bits per heavy atom. The van der Waals surface area contributed by atoms with Gasteiger partial charge in [-0.15, -0.1) is 0 Å². The summed E-state index contributed by atoms with van der Waals surface area (Å²) >= 11 is 3.89. The Balaban J connectivity index is 4.59. The van der Waals surface area contributed by atoms with Gasteiger partial charge in [-0.05, 0) is 6.42 Å². The highest BCUT2D eigenvalue weighted by molar-refractivity contribution is 7.80. The topological polar surface area (TPSA) is 188 Å². The van der Waals surface area contributed by atoms with Gasteiger partial charge < -0.3 is 31.9 Å². The zero-order chi connectivity index (χ0) is 18.7. The number of hydrogen-bond donors (Lipinski definition) is 7. The largest absolute Gasteiger partial charge is 0.481 e. The first kappa shape index (κ1) is 21.7. The first-order valence-electron chi connectivity index (χ1n) is 6.83. The van der Waals surface area contributed by atoms with E-state index in [0.29, 0.717) is 0 Å². The number of thiol groups is 1. The van der Waals surface area contributed by atoms with Crippen LogP contribution in [0.15, 0.2) is 0 Å². The smallest absolute Gasteiger partial charge is 0.326 e. The molecule has 7 N–H and O–H groups in total. The molecule has 0 aliphatic rings. The molecule has 12 heteroatoms. The molecule has 0 aliphatic heterocycles. The van der Waals surface area contributed by atoms with Crippen LogP contribution in [-0.4, -0.2) is 70.8 Å². The number of hydrogen-bond acceptors (Lipinski definition) is 7. The Morgan fingerprint density at radius 2 is 1.62 bits per heavy atom. The predicted octanol–water partition coefficient (Wildman–Crippen LogP) is -3.09. The molecule has 0 aromatic heterocycles. The van der Waals surface area contributed by atoms with Crippen LogP contribution in [0.1, 0.15) is 12.8 Å². The zero-order valence-electron chi connectivity index (χ0n) is 12.7. The maximum absolute atomic E-state index is 12.0. The molecule has 0 saturated carbocycles. The van der Waals surface area contributed by atoms with Crippen molar-refractivity contribution in [3.63, 3.8) is 0 Å².